The van der Waals surface area contributed by atoms with E-state index in [4.69, 9.17) is 15.9 Å². The number of carbonyl (C=O) groups is 3. The second-order valence-electron chi connectivity index (χ2n) is 7.27. The molecule has 8 nitrogen and oxygen atoms in total. The predicted molar refractivity (Wildman–Crippen MR) is 117 cm³/mol. The Kier molecular flexibility index (Phi) is 5.93. The number of anilines is 2. The van der Waals surface area contributed by atoms with E-state index < -0.39 is 6.09 Å². The molecule has 0 unspecified atom stereocenters. The van der Waals surface area contributed by atoms with Crippen LogP contribution in [-0.2, 0) is 14.3 Å². The Morgan fingerprint density at radius 3 is 2.81 bits per heavy atom. The fourth-order valence-electron chi connectivity index (χ4n) is 3.68. The van der Waals surface area contributed by atoms with Gasteiger partial charge in [0.25, 0.3) is 5.91 Å². The molecule has 2 saturated heterocycles. The van der Waals surface area contributed by atoms with Crippen LogP contribution in [0.1, 0.15) is 16.9 Å². The Labute approximate surface area is 183 Å². The number of amides is 3. The number of hydrogen-bond donors (Lipinski definition) is 1. The van der Waals surface area contributed by atoms with Crippen LogP contribution in [0.5, 0.6) is 5.06 Å². The summed E-state index contributed by atoms with van der Waals surface area (Å²) in [6.45, 7) is 3.31. The van der Waals surface area contributed by atoms with Gasteiger partial charge in [0.05, 0.1) is 17.5 Å². The minimum Gasteiger partial charge on any atom is -0.399 e. The van der Waals surface area contributed by atoms with Gasteiger partial charge in [-0.25, -0.2) is 4.79 Å². The molecule has 2 aliphatic rings. The van der Waals surface area contributed by atoms with E-state index in [1.165, 1.54) is 11.3 Å². The molecule has 0 saturated carbocycles. The summed E-state index contributed by atoms with van der Waals surface area (Å²) in [6.07, 6.45) is 4.87. The van der Waals surface area contributed by atoms with Crippen molar-refractivity contribution in [2.24, 2.45) is 0 Å². The molecule has 0 bridgehead atoms. The van der Waals surface area contributed by atoms with Gasteiger partial charge in [-0.15, -0.1) is 6.42 Å². The Morgan fingerprint density at radius 2 is 2.10 bits per heavy atom. The number of hydrogen-bond acceptors (Lipinski definition) is 6. The number of morpholine rings is 1. The maximum Gasteiger partial charge on any atom is 0.413 e. The van der Waals surface area contributed by atoms with Gasteiger partial charge >= 0.3 is 6.09 Å². The number of ether oxygens (including phenoxy) is 2. The number of carbonyl (C=O) groups excluding carboxylic acids is 3. The number of nitrogens with zero attached hydrogens (tertiary/aromatic N) is 2. The zero-order valence-electron chi connectivity index (χ0n) is 16.9. The van der Waals surface area contributed by atoms with Crippen LogP contribution < -0.4 is 19.9 Å². The van der Waals surface area contributed by atoms with Gasteiger partial charge in [0.2, 0.25) is 5.91 Å². The van der Waals surface area contributed by atoms with Crippen molar-refractivity contribution in [3.05, 3.63) is 40.8 Å². The van der Waals surface area contributed by atoms with Crippen molar-refractivity contribution in [1.82, 2.24) is 5.32 Å². The first-order chi connectivity index (χ1) is 14.9. The van der Waals surface area contributed by atoms with Gasteiger partial charge in [0.1, 0.15) is 6.61 Å². The molecule has 160 valence electrons. The van der Waals surface area contributed by atoms with Crippen molar-refractivity contribution in [3.63, 3.8) is 0 Å². The van der Waals surface area contributed by atoms with E-state index in [1.807, 2.05) is 25.1 Å². The molecule has 1 aromatic heterocycles. The maximum atomic E-state index is 12.5. The van der Waals surface area contributed by atoms with Gasteiger partial charge in [0, 0.05) is 30.9 Å². The average molecular weight is 439 g/mol. The molecule has 3 amide bonds. The summed E-state index contributed by atoms with van der Waals surface area (Å²) in [7, 11) is 0. The lowest BCUT2D eigenvalue weighted by Crippen LogP contribution is -2.42. The number of aryl methyl sites for hydroxylation is 1. The van der Waals surface area contributed by atoms with Crippen LogP contribution in [0.15, 0.2) is 30.3 Å². The Balaban J connectivity index is 1.39. The summed E-state index contributed by atoms with van der Waals surface area (Å²) in [4.78, 5) is 40.8. The minimum absolute atomic E-state index is 0.0742. The molecule has 4 rings (SSSR count). The second-order valence-corrected chi connectivity index (χ2v) is 8.32. The summed E-state index contributed by atoms with van der Waals surface area (Å²) >= 11 is 1.20. The Hall–Kier alpha value is -3.35. The summed E-state index contributed by atoms with van der Waals surface area (Å²) < 4.78 is 10.4. The van der Waals surface area contributed by atoms with Crippen molar-refractivity contribution < 1.29 is 23.9 Å². The Morgan fingerprint density at radius 1 is 1.26 bits per heavy atom. The van der Waals surface area contributed by atoms with Gasteiger partial charge in [0.15, 0.2) is 5.06 Å². The van der Waals surface area contributed by atoms with Crippen molar-refractivity contribution in [3.8, 4) is 17.4 Å². The largest absolute Gasteiger partial charge is 0.413 e. The quantitative estimate of drug-likeness (QED) is 0.739. The molecule has 0 spiro atoms. The van der Waals surface area contributed by atoms with Crippen LogP contribution in [0.25, 0.3) is 0 Å². The number of benzene rings is 1. The van der Waals surface area contributed by atoms with Gasteiger partial charge in [-0.3, -0.25) is 9.59 Å². The molecule has 2 aliphatic heterocycles. The molecule has 1 atom stereocenters. The van der Waals surface area contributed by atoms with Gasteiger partial charge in [-0.1, -0.05) is 17.3 Å². The lowest BCUT2D eigenvalue weighted by molar-refractivity contribution is -0.125. The summed E-state index contributed by atoms with van der Waals surface area (Å²) in [5.41, 5.74) is 2.42. The molecule has 0 aliphatic carbocycles. The highest BCUT2D eigenvalue weighted by Gasteiger charge is 2.32. The number of nitrogens with one attached hydrogen (secondary N) is 1. The van der Waals surface area contributed by atoms with E-state index in [0.29, 0.717) is 29.6 Å². The number of thiophene rings is 1. The first-order valence-electron chi connectivity index (χ1n) is 9.78. The summed E-state index contributed by atoms with van der Waals surface area (Å²) in [5.74, 6) is 2.31. The molecule has 2 fully saturated rings. The van der Waals surface area contributed by atoms with Crippen LogP contribution >= 0.6 is 11.3 Å². The van der Waals surface area contributed by atoms with Gasteiger partial charge in [-0.2, -0.15) is 0 Å². The summed E-state index contributed by atoms with van der Waals surface area (Å²) in [5, 5.41) is 3.13. The van der Waals surface area contributed by atoms with E-state index in [2.05, 4.69) is 11.2 Å². The minimum atomic E-state index is -0.623. The lowest BCUT2D eigenvalue weighted by atomic mass is 10.1. The molecular formula is C22H21N3O5S. The number of rotatable bonds is 4. The highest BCUT2D eigenvalue weighted by Crippen LogP contribution is 2.29. The standard InChI is InChI=1S/C22H21N3O5S/c1-3-17-5-7-21(31-17)30-22(28)23-15-11-19(26)25(12-15)16-4-6-18(14(2)10-16)24-8-9-29-13-20(24)27/h1,4-7,10,15H,8-9,11-13H2,2H3,(H,23,28)/t15-/m1/s1. The monoisotopic (exact) mass is 439 g/mol. The zero-order chi connectivity index (χ0) is 22.0. The molecule has 0 radical (unpaired) electrons. The molecule has 1 aromatic carbocycles. The van der Waals surface area contributed by atoms with E-state index in [9.17, 15) is 14.4 Å². The normalized spacial score (nSPS) is 18.8. The maximum absolute atomic E-state index is 12.5. The molecule has 1 N–H and O–H groups in total. The van der Waals surface area contributed by atoms with Crippen LogP contribution in [0.2, 0.25) is 0 Å². The highest BCUT2D eigenvalue weighted by molar-refractivity contribution is 7.14. The molecule has 3 heterocycles. The molecule has 9 heteroatoms. The Bertz CT molecular complexity index is 1070. The average Bonchev–Trinajstić information content (AvgIpc) is 3.34. The van der Waals surface area contributed by atoms with E-state index >= 15 is 0 Å². The van der Waals surface area contributed by atoms with Crippen LogP contribution in [-0.4, -0.2) is 50.3 Å². The first-order valence-corrected chi connectivity index (χ1v) is 10.6. The molecular weight excluding hydrogens is 418 g/mol. The third kappa shape index (κ3) is 4.55. The number of terminal acetylenes is 1. The van der Waals surface area contributed by atoms with Crippen molar-refractivity contribution in [1.29, 1.82) is 0 Å². The highest BCUT2D eigenvalue weighted by atomic mass is 32.1. The molecule has 31 heavy (non-hydrogen) atoms. The first kappa shape index (κ1) is 20.9. The summed E-state index contributed by atoms with van der Waals surface area (Å²) in [6, 6.07) is 8.50. The zero-order valence-corrected chi connectivity index (χ0v) is 17.7. The molecule has 2 aromatic rings. The van der Waals surface area contributed by atoms with Gasteiger partial charge < -0.3 is 24.6 Å². The van der Waals surface area contributed by atoms with Crippen LogP contribution in [0.4, 0.5) is 16.2 Å². The topological polar surface area (TPSA) is 88.2 Å². The second kappa shape index (κ2) is 8.79. The fraction of sp³-hybridized carbons (Fsp3) is 0.318. The lowest BCUT2D eigenvalue weighted by Gasteiger charge is -2.29. The third-order valence-electron chi connectivity index (χ3n) is 5.13. The van der Waals surface area contributed by atoms with E-state index in [1.54, 1.807) is 21.9 Å². The van der Waals surface area contributed by atoms with Crippen LogP contribution in [0, 0.1) is 19.3 Å². The van der Waals surface area contributed by atoms with Crippen LogP contribution in [0.3, 0.4) is 0 Å². The SMILES string of the molecule is C#Cc1ccc(OC(=O)N[C@@H]2CC(=O)N(c3ccc(N4CCOCC4=O)c(C)c3)C2)s1. The predicted octanol–water partition coefficient (Wildman–Crippen LogP) is 2.29. The van der Waals surface area contributed by atoms with E-state index in [-0.39, 0.29) is 30.9 Å². The third-order valence-corrected chi connectivity index (χ3v) is 6.03. The van der Waals surface area contributed by atoms with Crippen molar-refractivity contribution in [2.75, 3.05) is 36.1 Å². The smallest absolute Gasteiger partial charge is 0.399 e. The van der Waals surface area contributed by atoms with E-state index in [0.717, 1.165) is 16.9 Å². The fourth-order valence-corrected chi connectivity index (χ4v) is 4.34. The van der Waals surface area contributed by atoms with Crippen molar-refractivity contribution >= 4 is 40.6 Å². The van der Waals surface area contributed by atoms with Crippen molar-refractivity contribution in [2.45, 2.75) is 19.4 Å². The van der Waals surface area contributed by atoms with Gasteiger partial charge in [-0.05, 0) is 42.8 Å².